The molecule has 9 heteroatoms. The molecule has 0 radical (unpaired) electrons. The highest BCUT2D eigenvalue weighted by Crippen LogP contribution is 2.66. The third kappa shape index (κ3) is 4.67. The van der Waals surface area contributed by atoms with Crippen molar-refractivity contribution in [2.75, 3.05) is 19.0 Å². The van der Waals surface area contributed by atoms with Gasteiger partial charge < -0.3 is 30.1 Å². The van der Waals surface area contributed by atoms with Crippen molar-refractivity contribution in [1.29, 1.82) is 0 Å². The Morgan fingerprint density at radius 2 is 1.67 bits per heavy atom. The number of fused-ring (bicyclic) bond motifs is 1. The van der Waals surface area contributed by atoms with Crippen LogP contribution in [-0.2, 0) is 25.7 Å². The second-order valence-electron chi connectivity index (χ2n) is 12.0. The molecule has 3 fully saturated rings. The maximum absolute atomic E-state index is 14.6. The van der Waals surface area contributed by atoms with E-state index in [1.165, 1.54) is 4.90 Å². The van der Waals surface area contributed by atoms with Gasteiger partial charge in [-0.2, -0.15) is 0 Å². The molecule has 3 aliphatic heterocycles. The zero-order valence-corrected chi connectivity index (χ0v) is 24.5. The van der Waals surface area contributed by atoms with Gasteiger partial charge in [-0.25, -0.2) is 0 Å². The summed E-state index contributed by atoms with van der Waals surface area (Å²) in [6, 6.07) is 23.8. The number of benzene rings is 3. The molecular formula is C34H37N3O6. The number of aliphatic hydroxyl groups is 1. The molecule has 0 aromatic heterocycles. The van der Waals surface area contributed by atoms with E-state index in [0.29, 0.717) is 30.0 Å². The maximum atomic E-state index is 14.6. The van der Waals surface area contributed by atoms with Gasteiger partial charge in [0.25, 0.3) is 0 Å². The lowest BCUT2D eigenvalue weighted by molar-refractivity contribution is -0.149. The minimum Gasteiger partial charge on any atom is -0.497 e. The number of hydrogen-bond acceptors (Lipinski definition) is 6. The monoisotopic (exact) mass is 583 g/mol. The fourth-order valence-electron chi connectivity index (χ4n) is 7.52. The van der Waals surface area contributed by atoms with Gasteiger partial charge in [0.15, 0.2) is 0 Å². The first-order valence-corrected chi connectivity index (χ1v) is 14.7. The van der Waals surface area contributed by atoms with Gasteiger partial charge in [0, 0.05) is 12.2 Å². The van der Waals surface area contributed by atoms with Gasteiger partial charge in [-0.05, 0) is 54.7 Å². The Balaban J connectivity index is 1.40. The van der Waals surface area contributed by atoms with Crippen LogP contribution >= 0.6 is 0 Å². The topological polar surface area (TPSA) is 117 Å². The second-order valence-corrected chi connectivity index (χ2v) is 12.0. The van der Waals surface area contributed by atoms with Gasteiger partial charge >= 0.3 is 0 Å². The molecule has 3 N–H and O–H groups in total. The Bertz CT molecular complexity index is 1500. The number of carbonyl (C=O) groups excluding carboxylic acids is 3. The molecule has 3 saturated heterocycles. The maximum Gasteiger partial charge on any atom is 0.250 e. The quantitative estimate of drug-likeness (QED) is 0.354. The van der Waals surface area contributed by atoms with Crippen molar-refractivity contribution in [3.8, 4) is 5.75 Å². The summed E-state index contributed by atoms with van der Waals surface area (Å²) in [7, 11) is 1.57. The highest BCUT2D eigenvalue weighted by atomic mass is 16.5. The lowest BCUT2D eigenvalue weighted by atomic mass is 9.62. The molecule has 3 amide bonds. The fraction of sp³-hybridized carbons (Fsp3) is 0.382. The van der Waals surface area contributed by atoms with Gasteiger partial charge in [0.2, 0.25) is 17.7 Å². The molecule has 0 aliphatic carbocycles. The van der Waals surface area contributed by atoms with Crippen LogP contribution in [0.2, 0.25) is 0 Å². The highest BCUT2D eigenvalue weighted by molar-refractivity contribution is 6.04. The van der Waals surface area contributed by atoms with Crippen molar-refractivity contribution in [3.63, 3.8) is 0 Å². The molecule has 7 atom stereocenters. The SMILES string of the molecule is COc1ccc(NC(=O)C2N([C@H](CO)c3ccccc3)C(=O)[C@@H]3[C@H](C(=O)NCc4ccccc4)[C@@]4(C)OC23CC4C)cc1. The van der Waals surface area contributed by atoms with Crippen molar-refractivity contribution in [1.82, 2.24) is 10.2 Å². The summed E-state index contributed by atoms with van der Waals surface area (Å²) in [5.74, 6) is -2.26. The largest absolute Gasteiger partial charge is 0.497 e. The molecule has 3 aromatic rings. The summed E-state index contributed by atoms with van der Waals surface area (Å²) < 4.78 is 12.1. The number of hydrogen-bond donors (Lipinski definition) is 3. The number of nitrogens with one attached hydrogen (secondary N) is 2. The van der Waals surface area contributed by atoms with E-state index < -0.39 is 47.6 Å². The number of nitrogens with zero attached hydrogens (tertiary/aromatic N) is 1. The lowest BCUT2D eigenvalue weighted by Crippen LogP contribution is -2.55. The van der Waals surface area contributed by atoms with Crippen LogP contribution in [0.1, 0.15) is 37.4 Å². The first-order valence-electron chi connectivity index (χ1n) is 14.7. The molecule has 9 nitrogen and oxygen atoms in total. The molecule has 1 spiro atoms. The molecule has 3 aromatic carbocycles. The van der Waals surface area contributed by atoms with Gasteiger partial charge in [0.05, 0.1) is 37.2 Å². The minimum absolute atomic E-state index is 0.107. The van der Waals surface area contributed by atoms with E-state index in [4.69, 9.17) is 9.47 Å². The molecule has 0 saturated carbocycles. The van der Waals surface area contributed by atoms with E-state index in [2.05, 4.69) is 10.6 Å². The van der Waals surface area contributed by atoms with Gasteiger partial charge in [-0.1, -0.05) is 67.6 Å². The van der Waals surface area contributed by atoms with Crippen LogP contribution in [0, 0.1) is 17.8 Å². The molecule has 3 unspecified atom stereocenters. The van der Waals surface area contributed by atoms with E-state index in [0.717, 1.165) is 5.56 Å². The Morgan fingerprint density at radius 3 is 2.30 bits per heavy atom. The highest BCUT2D eigenvalue weighted by Gasteiger charge is 2.80. The molecule has 43 heavy (non-hydrogen) atoms. The fourth-order valence-corrected chi connectivity index (χ4v) is 7.52. The smallest absolute Gasteiger partial charge is 0.250 e. The van der Waals surface area contributed by atoms with Gasteiger partial charge in [-0.15, -0.1) is 0 Å². The standard InChI is InChI=1S/C34H37N3O6/c1-21-18-34-28(27(33(21,2)43-34)30(39)35-19-22-10-6-4-7-11-22)32(41)37(26(20-38)23-12-8-5-9-13-23)29(34)31(40)36-24-14-16-25(42-3)17-15-24/h4-17,21,26-29,38H,18-20H2,1-3H3,(H,35,39)(H,36,40)/t21?,26-,27-,28+,29?,33+,34?/m1/s1. The normalized spacial score (nSPS) is 29.7. The number of aliphatic hydroxyl groups excluding tert-OH is 1. The van der Waals surface area contributed by atoms with Crippen LogP contribution in [0.4, 0.5) is 5.69 Å². The molecule has 3 heterocycles. The average Bonchev–Trinajstić information content (AvgIpc) is 3.54. The minimum atomic E-state index is -1.25. The Morgan fingerprint density at radius 1 is 1.02 bits per heavy atom. The summed E-state index contributed by atoms with van der Waals surface area (Å²) in [5.41, 5.74) is -0.0435. The molecule has 224 valence electrons. The molecule has 2 bridgehead atoms. The summed E-state index contributed by atoms with van der Waals surface area (Å²) >= 11 is 0. The average molecular weight is 584 g/mol. The van der Waals surface area contributed by atoms with Crippen molar-refractivity contribution in [3.05, 3.63) is 96.1 Å². The summed E-state index contributed by atoms with van der Waals surface area (Å²) in [6.45, 7) is 3.80. The number of anilines is 1. The van der Waals surface area contributed by atoms with E-state index in [1.54, 1.807) is 31.4 Å². The zero-order valence-electron chi connectivity index (χ0n) is 24.5. The van der Waals surface area contributed by atoms with Crippen molar-refractivity contribution < 1.29 is 29.0 Å². The van der Waals surface area contributed by atoms with Gasteiger partial charge in [0.1, 0.15) is 17.4 Å². The molecule has 3 aliphatic rings. The summed E-state index contributed by atoms with van der Waals surface area (Å²) in [5, 5.41) is 16.7. The third-order valence-corrected chi connectivity index (χ3v) is 9.64. The van der Waals surface area contributed by atoms with Crippen LogP contribution < -0.4 is 15.4 Å². The first-order chi connectivity index (χ1) is 20.7. The molecular weight excluding hydrogens is 546 g/mol. The molecule has 6 rings (SSSR count). The zero-order chi connectivity index (χ0) is 30.4. The number of amides is 3. The van der Waals surface area contributed by atoms with E-state index in [9.17, 15) is 19.5 Å². The van der Waals surface area contributed by atoms with E-state index in [-0.39, 0.29) is 17.7 Å². The predicted octanol–water partition coefficient (Wildman–Crippen LogP) is 3.69. The Kier molecular flexibility index (Phi) is 7.48. The Hall–Kier alpha value is -4.21. The Labute approximate surface area is 251 Å². The predicted molar refractivity (Wildman–Crippen MR) is 160 cm³/mol. The summed E-state index contributed by atoms with van der Waals surface area (Å²) in [6.07, 6.45) is 0.423. The van der Waals surface area contributed by atoms with Crippen LogP contribution in [0.5, 0.6) is 5.75 Å². The van der Waals surface area contributed by atoms with Crippen LogP contribution in [-0.4, -0.2) is 58.7 Å². The van der Waals surface area contributed by atoms with Crippen LogP contribution in [0.15, 0.2) is 84.9 Å². The summed E-state index contributed by atoms with van der Waals surface area (Å²) in [4.78, 5) is 44.3. The van der Waals surface area contributed by atoms with E-state index >= 15 is 0 Å². The van der Waals surface area contributed by atoms with Crippen molar-refractivity contribution in [2.24, 2.45) is 17.8 Å². The number of carbonyl (C=O) groups is 3. The number of rotatable bonds is 9. The van der Waals surface area contributed by atoms with E-state index in [1.807, 2.05) is 74.5 Å². The first kappa shape index (κ1) is 28.9. The number of methoxy groups -OCH3 is 1. The van der Waals surface area contributed by atoms with Crippen molar-refractivity contribution in [2.45, 2.75) is 50.1 Å². The third-order valence-electron chi connectivity index (χ3n) is 9.64. The number of ether oxygens (including phenoxy) is 2. The number of likely N-dealkylation sites (tertiary alicyclic amines) is 1. The van der Waals surface area contributed by atoms with Crippen molar-refractivity contribution >= 4 is 23.4 Å². The van der Waals surface area contributed by atoms with Crippen LogP contribution in [0.25, 0.3) is 0 Å². The lowest BCUT2D eigenvalue weighted by Gasteiger charge is -2.37. The van der Waals surface area contributed by atoms with Gasteiger partial charge in [-0.3, -0.25) is 14.4 Å². The van der Waals surface area contributed by atoms with Crippen LogP contribution in [0.3, 0.4) is 0 Å². The second kappa shape index (κ2) is 11.1.